The highest BCUT2D eigenvalue weighted by atomic mass is 15.2. The Morgan fingerprint density at radius 2 is 2.20 bits per heavy atom. The maximum Gasteiger partial charge on any atom is 0.160 e. The summed E-state index contributed by atoms with van der Waals surface area (Å²) in [6.45, 7) is 1.93. The molecule has 2 rings (SSSR count). The average molecular weight is 133 g/mol. The van der Waals surface area contributed by atoms with E-state index in [9.17, 15) is 0 Å². The Bertz CT molecular complexity index is 350. The molecule has 2 aromatic rings. The topological polar surface area (TPSA) is 30.2 Å². The summed E-state index contributed by atoms with van der Waals surface area (Å²) in [6.07, 6.45) is 1.95. The Morgan fingerprint density at radius 1 is 1.30 bits per heavy atom. The van der Waals surface area contributed by atoms with Gasteiger partial charge in [0.25, 0.3) is 0 Å². The van der Waals surface area contributed by atoms with Gasteiger partial charge in [0.05, 0.1) is 0 Å². The number of hydrogen-bond acceptors (Lipinski definition) is 2. The van der Waals surface area contributed by atoms with Gasteiger partial charge in [-0.15, -0.1) is 10.2 Å². The molecule has 0 aromatic carbocycles. The molecule has 3 nitrogen and oxygen atoms in total. The van der Waals surface area contributed by atoms with Gasteiger partial charge in [0.15, 0.2) is 5.65 Å². The Morgan fingerprint density at radius 3 is 3.00 bits per heavy atom. The first-order valence-electron chi connectivity index (χ1n) is 3.14. The minimum absolute atomic E-state index is 0.903. The van der Waals surface area contributed by atoms with Crippen LogP contribution >= 0.6 is 0 Å². The molecule has 0 aliphatic carbocycles. The molecule has 0 aliphatic heterocycles. The van der Waals surface area contributed by atoms with Gasteiger partial charge in [-0.1, -0.05) is 6.07 Å². The van der Waals surface area contributed by atoms with Crippen LogP contribution in [0.15, 0.2) is 24.4 Å². The number of aryl methyl sites for hydroxylation is 1. The van der Waals surface area contributed by atoms with Crippen molar-refractivity contribution in [2.24, 2.45) is 0 Å². The molecule has 10 heavy (non-hydrogen) atoms. The molecule has 50 valence electrons. The molecule has 0 amide bonds. The summed E-state index contributed by atoms with van der Waals surface area (Å²) in [4.78, 5) is 0. The summed E-state index contributed by atoms with van der Waals surface area (Å²) >= 11 is 0. The summed E-state index contributed by atoms with van der Waals surface area (Å²) < 4.78 is 1.94. The highest BCUT2D eigenvalue weighted by Crippen LogP contribution is 1.99. The third kappa shape index (κ3) is 0.603. The summed E-state index contributed by atoms with van der Waals surface area (Å²) in [5.74, 6) is 0.926. The van der Waals surface area contributed by atoms with Gasteiger partial charge in [-0.2, -0.15) is 0 Å². The maximum absolute atomic E-state index is 3.93. The van der Waals surface area contributed by atoms with Gasteiger partial charge in [-0.3, -0.25) is 4.40 Å². The standard InChI is InChI=1S/C7H7N3/c1-6-8-9-7-4-2-3-5-10(6)7/h2-5H,1H3. The smallest absolute Gasteiger partial charge is 0.160 e. The highest BCUT2D eigenvalue weighted by molar-refractivity contribution is 5.36. The quantitative estimate of drug-likeness (QED) is 0.537. The molecule has 2 heterocycles. The van der Waals surface area contributed by atoms with Crippen LogP contribution in [0.4, 0.5) is 0 Å². The number of fused-ring (bicyclic) bond motifs is 1. The second-order valence-electron chi connectivity index (χ2n) is 2.18. The molecule has 0 saturated carbocycles. The van der Waals surface area contributed by atoms with Crippen LogP contribution in [0.3, 0.4) is 0 Å². The monoisotopic (exact) mass is 133 g/mol. The summed E-state index contributed by atoms with van der Waals surface area (Å²) in [5, 5.41) is 7.84. The predicted octanol–water partition coefficient (Wildman–Crippen LogP) is 1.04. The average Bonchev–Trinajstić information content (AvgIpc) is 2.34. The molecule has 0 atom stereocenters. The SMILES string of the molecule is Cc1nnc2ccccn12. The van der Waals surface area contributed by atoms with Crippen LogP contribution in [0.5, 0.6) is 0 Å². The van der Waals surface area contributed by atoms with Crippen LogP contribution < -0.4 is 0 Å². The molecule has 0 fully saturated rings. The van der Waals surface area contributed by atoms with Crippen LogP contribution in [-0.2, 0) is 0 Å². The number of hydrogen-bond donors (Lipinski definition) is 0. The van der Waals surface area contributed by atoms with Crippen LogP contribution in [0, 0.1) is 6.92 Å². The largest absolute Gasteiger partial charge is 0.287 e. The zero-order valence-corrected chi connectivity index (χ0v) is 5.65. The molecule has 0 N–H and O–H groups in total. The van der Waals surface area contributed by atoms with E-state index in [0.29, 0.717) is 0 Å². The maximum atomic E-state index is 3.93. The van der Waals surface area contributed by atoms with Crippen molar-refractivity contribution in [2.45, 2.75) is 6.92 Å². The van der Waals surface area contributed by atoms with Gasteiger partial charge in [0.2, 0.25) is 0 Å². The second kappa shape index (κ2) is 1.80. The summed E-state index contributed by atoms with van der Waals surface area (Å²) in [5.41, 5.74) is 0.903. The lowest BCUT2D eigenvalue weighted by Crippen LogP contribution is -1.84. The van der Waals surface area contributed by atoms with E-state index in [2.05, 4.69) is 10.2 Å². The zero-order chi connectivity index (χ0) is 6.97. The third-order valence-corrected chi connectivity index (χ3v) is 1.48. The molecule has 0 saturated heterocycles. The Balaban J connectivity index is 2.93. The number of pyridine rings is 1. The van der Waals surface area contributed by atoms with Crippen LogP contribution in [-0.4, -0.2) is 14.6 Å². The molecule has 0 radical (unpaired) electrons. The zero-order valence-electron chi connectivity index (χ0n) is 5.65. The van der Waals surface area contributed by atoms with Crippen molar-refractivity contribution >= 4 is 5.65 Å². The molecule has 3 heteroatoms. The molecular weight excluding hydrogens is 126 g/mol. The fourth-order valence-corrected chi connectivity index (χ4v) is 0.961. The normalized spacial score (nSPS) is 10.5. The molecule has 0 bridgehead atoms. The minimum atomic E-state index is 0.903. The van der Waals surface area contributed by atoms with E-state index in [0.717, 1.165) is 11.5 Å². The second-order valence-corrected chi connectivity index (χ2v) is 2.18. The Labute approximate surface area is 58.3 Å². The predicted molar refractivity (Wildman–Crippen MR) is 37.7 cm³/mol. The highest BCUT2D eigenvalue weighted by Gasteiger charge is 1.95. The van der Waals surface area contributed by atoms with E-state index < -0.39 is 0 Å². The number of rotatable bonds is 0. The summed E-state index contributed by atoms with van der Waals surface area (Å²) in [6, 6.07) is 5.84. The van der Waals surface area contributed by atoms with E-state index in [4.69, 9.17) is 0 Å². The first kappa shape index (κ1) is 5.41. The Hall–Kier alpha value is -1.38. The van der Waals surface area contributed by atoms with Gasteiger partial charge in [0.1, 0.15) is 5.82 Å². The molecule has 0 spiro atoms. The van der Waals surface area contributed by atoms with Crippen molar-refractivity contribution < 1.29 is 0 Å². The van der Waals surface area contributed by atoms with E-state index >= 15 is 0 Å². The van der Waals surface area contributed by atoms with Gasteiger partial charge < -0.3 is 0 Å². The van der Waals surface area contributed by atoms with E-state index in [1.54, 1.807) is 0 Å². The van der Waals surface area contributed by atoms with Crippen LogP contribution in [0.2, 0.25) is 0 Å². The van der Waals surface area contributed by atoms with Gasteiger partial charge in [-0.05, 0) is 19.1 Å². The number of aromatic nitrogens is 3. The van der Waals surface area contributed by atoms with E-state index in [1.165, 1.54) is 0 Å². The van der Waals surface area contributed by atoms with Crippen LogP contribution in [0.25, 0.3) is 5.65 Å². The van der Waals surface area contributed by atoms with Crippen molar-refractivity contribution in [1.29, 1.82) is 0 Å². The lowest BCUT2D eigenvalue weighted by atomic mass is 10.5. The number of nitrogens with zero attached hydrogens (tertiary/aromatic N) is 3. The first-order chi connectivity index (χ1) is 4.88. The van der Waals surface area contributed by atoms with Crippen molar-refractivity contribution in [3.63, 3.8) is 0 Å². The summed E-state index contributed by atoms with van der Waals surface area (Å²) in [7, 11) is 0. The molecular formula is C7H7N3. The van der Waals surface area contributed by atoms with Gasteiger partial charge in [-0.25, -0.2) is 0 Å². The lowest BCUT2D eigenvalue weighted by molar-refractivity contribution is 1.01. The van der Waals surface area contributed by atoms with Crippen molar-refractivity contribution in [1.82, 2.24) is 14.6 Å². The third-order valence-electron chi connectivity index (χ3n) is 1.48. The lowest BCUT2D eigenvalue weighted by Gasteiger charge is -1.89. The van der Waals surface area contributed by atoms with E-state index in [1.807, 2.05) is 35.7 Å². The minimum Gasteiger partial charge on any atom is -0.287 e. The van der Waals surface area contributed by atoms with Crippen molar-refractivity contribution in [2.75, 3.05) is 0 Å². The first-order valence-corrected chi connectivity index (χ1v) is 3.14. The fourth-order valence-electron chi connectivity index (χ4n) is 0.961. The molecule has 0 aliphatic rings. The van der Waals surface area contributed by atoms with Gasteiger partial charge >= 0.3 is 0 Å². The Kier molecular flexibility index (Phi) is 0.974. The fraction of sp³-hybridized carbons (Fsp3) is 0.143. The van der Waals surface area contributed by atoms with Crippen molar-refractivity contribution in [3.8, 4) is 0 Å². The molecule has 2 aromatic heterocycles. The van der Waals surface area contributed by atoms with Gasteiger partial charge in [0, 0.05) is 6.20 Å². The van der Waals surface area contributed by atoms with E-state index in [-0.39, 0.29) is 0 Å². The molecule has 0 unspecified atom stereocenters. The van der Waals surface area contributed by atoms with Crippen LogP contribution in [0.1, 0.15) is 5.82 Å². The van der Waals surface area contributed by atoms with Crippen molar-refractivity contribution in [3.05, 3.63) is 30.2 Å².